The van der Waals surface area contributed by atoms with Crippen LogP contribution in [-0.2, 0) is 22.7 Å². The number of thiophene rings is 1. The molecule has 6 nitrogen and oxygen atoms in total. The van der Waals surface area contributed by atoms with E-state index in [4.69, 9.17) is 13.9 Å². The first-order chi connectivity index (χ1) is 15.4. The van der Waals surface area contributed by atoms with E-state index in [2.05, 4.69) is 18.0 Å². The smallest absolute Gasteiger partial charge is 0.336 e. The van der Waals surface area contributed by atoms with Gasteiger partial charge >= 0.3 is 5.97 Å². The highest BCUT2D eigenvalue weighted by molar-refractivity contribution is 7.15. The molecule has 1 aliphatic rings. The van der Waals surface area contributed by atoms with Crippen LogP contribution >= 0.6 is 11.3 Å². The van der Waals surface area contributed by atoms with Gasteiger partial charge in [0.05, 0.1) is 35.9 Å². The number of hydrogen-bond donors (Lipinski definition) is 1. The van der Waals surface area contributed by atoms with Crippen molar-refractivity contribution in [3.63, 3.8) is 0 Å². The fraction of sp³-hybridized carbons (Fsp3) is 0.440. The highest BCUT2D eigenvalue weighted by Crippen LogP contribution is 2.30. The molecule has 0 bridgehead atoms. The summed E-state index contributed by atoms with van der Waals surface area (Å²) in [6.45, 7) is 6.51. The van der Waals surface area contributed by atoms with Crippen molar-refractivity contribution in [2.45, 2.75) is 71.9 Å². The lowest BCUT2D eigenvalue weighted by molar-refractivity contribution is -0.0564. The van der Waals surface area contributed by atoms with Crippen LogP contribution in [0.25, 0.3) is 10.8 Å². The van der Waals surface area contributed by atoms with E-state index < -0.39 is 5.97 Å². The number of carboxylic acid groups (broad SMARTS) is 1. The van der Waals surface area contributed by atoms with E-state index in [1.165, 1.54) is 4.88 Å². The molecule has 4 rings (SSSR count). The number of aromatic carboxylic acids is 1. The molecule has 2 heterocycles. The second kappa shape index (κ2) is 9.98. The molecule has 2 atom stereocenters. The van der Waals surface area contributed by atoms with Gasteiger partial charge in [-0.05, 0) is 69.7 Å². The molecule has 1 N–H and O–H groups in total. The Balaban J connectivity index is 1.32. The monoisotopic (exact) mass is 455 g/mol. The third-order valence-corrected chi connectivity index (χ3v) is 6.91. The number of rotatable bonds is 8. The highest BCUT2D eigenvalue weighted by atomic mass is 32.1. The zero-order chi connectivity index (χ0) is 22.7. The van der Waals surface area contributed by atoms with E-state index in [-0.39, 0.29) is 12.2 Å². The Morgan fingerprint density at radius 2 is 1.88 bits per heavy atom. The standard InChI is InChI=1S/C25H29NO5S/c1-15-6-4-7-18(23(15)25(27)28)13-29-19-8-5-9-20(12-19)30-14-21-17(3)31-24(26-21)22-11-10-16(2)32-22/h4,6-7,10-11,19-20H,5,8-9,12-14H2,1-3H3,(H,27,28)/t19-,20+/m1/s1. The number of nitrogens with zero attached hydrogens (tertiary/aromatic N) is 1. The molecular formula is C25H29NO5S. The van der Waals surface area contributed by atoms with Crippen molar-refractivity contribution < 1.29 is 23.8 Å². The first kappa shape index (κ1) is 22.7. The van der Waals surface area contributed by atoms with Crippen LogP contribution in [0.1, 0.15) is 63.5 Å². The van der Waals surface area contributed by atoms with Crippen LogP contribution in [0.3, 0.4) is 0 Å². The van der Waals surface area contributed by atoms with Crippen molar-refractivity contribution in [3.8, 4) is 10.8 Å². The molecule has 1 saturated carbocycles. The Bertz CT molecular complexity index is 1090. The summed E-state index contributed by atoms with van der Waals surface area (Å²) in [5.41, 5.74) is 2.65. The Morgan fingerprint density at radius 3 is 2.56 bits per heavy atom. The average molecular weight is 456 g/mol. The zero-order valence-corrected chi connectivity index (χ0v) is 19.5. The molecule has 1 aromatic carbocycles. The molecule has 2 aromatic heterocycles. The van der Waals surface area contributed by atoms with Crippen LogP contribution < -0.4 is 0 Å². The molecule has 0 aliphatic heterocycles. The predicted octanol–water partition coefficient (Wildman–Crippen LogP) is 6.07. The second-order valence-corrected chi connectivity index (χ2v) is 9.67. The minimum atomic E-state index is -0.911. The van der Waals surface area contributed by atoms with Crippen LogP contribution in [0, 0.1) is 20.8 Å². The van der Waals surface area contributed by atoms with E-state index in [0.717, 1.165) is 53.1 Å². The predicted molar refractivity (Wildman–Crippen MR) is 123 cm³/mol. The van der Waals surface area contributed by atoms with Crippen molar-refractivity contribution in [1.82, 2.24) is 4.98 Å². The van der Waals surface area contributed by atoms with Crippen molar-refractivity contribution >= 4 is 17.3 Å². The van der Waals surface area contributed by atoms with Gasteiger partial charge in [-0.15, -0.1) is 11.3 Å². The molecule has 0 radical (unpaired) electrons. The van der Waals surface area contributed by atoms with E-state index >= 15 is 0 Å². The minimum absolute atomic E-state index is 0.0546. The van der Waals surface area contributed by atoms with E-state index in [9.17, 15) is 9.90 Å². The van der Waals surface area contributed by atoms with Crippen LogP contribution in [0.5, 0.6) is 0 Å². The fourth-order valence-corrected chi connectivity index (χ4v) is 4.97. The molecule has 3 aromatic rings. The summed E-state index contributed by atoms with van der Waals surface area (Å²) in [7, 11) is 0. The van der Waals surface area contributed by atoms with Crippen molar-refractivity contribution in [1.29, 1.82) is 0 Å². The lowest BCUT2D eigenvalue weighted by atomic mass is 9.94. The third kappa shape index (κ3) is 5.28. The summed E-state index contributed by atoms with van der Waals surface area (Å²) in [6.07, 6.45) is 3.90. The number of hydrogen-bond acceptors (Lipinski definition) is 6. The molecule has 170 valence electrons. The zero-order valence-electron chi connectivity index (χ0n) is 18.7. The quantitative estimate of drug-likeness (QED) is 0.444. The molecule has 7 heteroatoms. The summed E-state index contributed by atoms with van der Waals surface area (Å²) >= 11 is 1.67. The molecule has 0 amide bonds. The number of carbonyl (C=O) groups is 1. The Morgan fingerprint density at radius 1 is 1.12 bits per heavy atom. The Hall–Kier alpha value is -2.48. The van der Waals surface area contributed by atoms with Gasteiger partial charge in [-0.25, -0.2) is 9.78 Å². The molecular weight excluding hydrogens is 426 g/mol. The fourth-order valence-electron chi connectivity index (χ4n) is 4.18. The van der Waals surface area contributed by atoms with Gasteiger partial charge in [-0.2, -0.15) is 0 Å². The van der Waals surface area contributed by atoms with Crippen molar-refractivity contribution in [2.75, 3.05) is 0 Å². The SMILES string of the molecule is Cc1ccc(-c2nc(CO[C@H]3CCC[C@@H](OCc4cccc(C)c4C(=O)O)C3)c(C)o2)s1. The normalized spacial score (nSPS) is 18.7. The summed E-state index contributed by atoms with van der Waals surface area (Å²) in [6, 6.07) is 9.61. The minimum Gasteiger partial charge on any atom is -0.478 e. The van der Waals surface area contributed by atoms with Crippen molar-refractivity contribution in [2.24, 2.45) is 0 Å². The van der Waals surface area contributed by atoms with Crippen LogP contribution in [0.4, 0.5) is 0 Å². The van der Waals surface area contributed by atoms with Gasteiger partial charge in [0.15, 0.2) is 0 Å². The number of aryl methyl sites for hydroxylation is 3. The molecule has 0 saturated heterocycles. The number of oxazole rings is 1. The van der Waals surface area contributed by atoms with Gasteiger partial charge in [-0.1, -0.05) is 18.2 Å². The van der Waals surface area contributed by atoms with Gasteiger partial charge in [0.2, 0.25) is 5.89 Å². The van der Waals surface area contributed by atoms with Crippen LogP contribution in [0.2, 0.25) is 0 Å². The van der Waals surface area contributed by atoms with Gasteiger partial charge in [-0.3, -0.25) is 0 Å². The van der Waals surface area contributed by atoms with E-state index in [1.54, 1.807) is 11.3 Å². The Labute approximate surface area is 192 Å². The summed E-state index contributed by atoms with van der Waals surface area (Å²) < 4.78 is 18.1. The van der Waals surface area contributed by atoms with E-state index in [1.807, 2.05) is 38.1 Å². The number of aromatic nitrogens is 1. The number of ether oxygens (including phenoxy) is 2. The summed E-state index contributed by atoms with van der Waals surface area (Å²) in [4.78, 5) is 18.5. The van der Waals surface area contributed by atoms with Gasteiger partial charge in [0.1, 0.15) is 11.5 Å². The third-order valence-electron chi connectivity index (χ3n) is 5.93. The summed E-state index contributed by atoms with van der Waals surface area (Å²) in [5.74, 6) is 0.526. The second-order valence-electron chi connectivity index (χ2n) is 8.38. The molecule has 0 spiro atoms. The lowest BCUT2D eigenvalue weighted by Gasteiger charge is -2.29. The highest BCUT2D eigenvalue weighted by Gasteiger charge is 2.25. The maximum Gasteiger partial charge on any atom is 0.336 e. The largest absolute Gasteiger partial charge is 0.478 e. The molecule has 32 heavy (non-hydrogen) atoms. The first-order valence-electron chi connectivity index (χ1n) is 11.0. The number of carboxylic acids is 1. The average Bonchev–Trinajstić information content (AvgIpc) is 3.36. The Kier molecular flexibility index (Phi) is 7.08. The van der Waals surface area contributed by atoms with Crippen LogP contribution in [-0.4, -0.2) is 28.3 Å². The number of benzene rings is 1. The van der Waals surface area contributed by atoms with Crippen molar-refractivity contribution in [3.05, 3.63) is 63.4 Å². The first-order valence-corrected chi connectivity index (χ1v) is 11.8. The molecule has 0 unspecified atom stereocenters. The maximum atomic E-state index is 11.6. The van der Waals surface area contributed by atoms with Gasteiger partial charge in [0, 0.05) is 4.88 Å². The van der Waals surface area contributed by atoms with Gasteiger partial charge < -0.3 is 19.0 Å². The maximum absolute atomic E-state index is 11.6. The van der Waals surface area contributed by atoms with Gasteiger partial charge in [0.25, 0.3) is 0 Å². The molecule has 1 fully saturated rings. The topological polar surface area (TPSA) is 81.8 Å². The summed E-state index contributed by atoms with van der Waals surface area (Å²) in [5, 5.41) is 9.51. The molecule has 1 aliphatic carbocycles. The van der Waals surface area contributed by atoms with Crippen LogP contribution in [0.15, 0.2) is 34.7 Å². The lowest BCUT2D eigenvalue weighted by Crippen LogP contribution is -2.28. The van der Waals surface area contributed by atoms with E-state index in [0.29, 0.717) is 24.7 Å².